The molecule has 1 atom stereocenters. The molecule has 0 aliphatic heterocycles. The highest BCUT2D eigenvalue weighted by molar-refractivity contribution is 6.32. The summed E-state index contributed by atoms with van der Waals surface area (Å²) in [5.41, 5.74) is 2.00. The lowest BCUT2D eigenvalue weighted by Crippen LogP contribution is -2.28. The average molecular weight is 359 g/mol. The molecule has 0 spiro atoms. The zero-order valence-corrected chi connectivity index (χ0v) is 15.5. The van der Waals surface area contributed by atoms with Gasteiger partial charge >= 0.3 is 0 Å². The van der Waals surface area contributed by atoms with Crippen molar-refractivity contribution in [3.8, 4) is 11.6 Å². The lowest BCUT2D eigenvalue weighted by Gasteiger charge is -2.10. The van der Waals surface area contributed by atoms with Gasteiger partial charge in [-0.05, 0) is 36.6 Å². The number of carbonyl (C=O) groups is 1. The first-order valence-electron chi connectivity index (χ1n) is 8.36. The second-order valence-corrected chi connectivity index (χ2v) is 6.24. The van der Waals surface area contributed by atoms with Crippen LogP contribution in [-0.2, 0) is 11.2 Å². The third-order valence-electron chi connectivity index (χ3n) is 3.54. The Morgan fingerprint density at radius 3 is 2.80 bits per heavy atom. The topological polar surface area (TPSA) is 51.2 Å². The van der Waals surface area contributed by atoms with Crippen LogP contribution >= 0.6 is 11.6 Å². The van der Waals surface area contributed by atoms with Gasteiger partial charge < -0.3 is 10.1 Å². The van der Waals surface area contributed by atoms with Crippen LogP contribution in [0.1, 0.15) is 38.3 Å². The summed E-state index contributed by atoms with van der Waals surface area (Å²) < 4.78 is 5.81. The number of aromatic nitrogens is 1. The molecule has 0 radical (unpaired) electrons. The number of rotatable bonds is 7. The summed E-state index contributed by atoms with van der Waals surface area (Å²) in [6.07, 6.45) is 7.48. The summed E-state index contributed by atoms with van der Waals surface area (Å²) in [6, 6.07) is 9.46. The smallest absolute Gasteiger partial charge is 0.219 e. The number of nitrogens with zero attached hydrogens (tertiary/aromatic N) is 1. The van der Waals surface area contributed by atoms with Gasteiger partial charge in [0.2, 0.25) is 11.8 Å². The predicted molar refractivity (Wildman–Crippen MR) is 102 cm³/mol. The first-order chi connectivity index (χ1) is 12.0. The van der Waals surface area contributed by atoms with Gasteiger partial charge in [0, 0.05) is 25.2 Å². The molecule has 1 amide bonds. The molecular weight excluding hydrogens is 336 g/mol. The number of halogens is 1. The fraction of sp³-hybridized carbons (Fsp3) is 0.300. The van der Waals surface area contributed by atoms with E-state index in [-0.39, 0.29) is 11.9 Å². The first kappa shape index (κ1) is 19.0. The highest BCUT2D eigenvalue weighted by Gasteiger charge is 2.08. The SMILES string of the molecule is CCCc1cccc(Oc2ccc(/C=C/[C@H](C)NC(C)=O)cn2)c1Cl. The summed E-state index contributed by atoms with van der Waals surface area (Å²) >= 11 is 6.40. The molecule has 1 N–H and O–H groups in total. The molecule has 1 heterocycles. The molecule has 1 aromatic carbocycles. The predicted octanol–water partition coefficient (Wildman–Crippen LogP) is 5.02. The van der Waals surface area contributed by atoms with Crippen molar-refractivity contribution in [2.24, 2.45) is 0 Å². The van der Waals surface area contributed by atoms with Gasteiger partial charge in [-0.3, -0.25) is 4.79 Å². The van der Waals surface area contributed by atoms with E-state index in [1.807, 2.05) is 43.3 Å². The molecule has 4 nitrogen and oxygen atoms in total. The van der Waals surface area contributed by atoms with Crippen LogP contribution in [0.25, 0.3) is 6.08 Å². The minimum Gasteiger partial charge on any atom is -0.437 e. The number of carbonyl (C=O) groups excluding carboxylic acids is 1. The van der Waals surface area contributed by atoms with Crippen molar-refractivity contribution in [3.05, 3.63) is 58.8 Å². The Morgan fingerprint density at radius 1 is 1.36 bits per heavy atom. The quantitative estimate of drug-likeness (QED) is 0.756. The number of hydrogen-bond acceptors (Lipinski definition) is 3. The Balaban J connectivity index is 2.04. The van der Waals surface area contributed by atoms with Gasteiger partial charge in [0.05, 0.1) is 5.02 Å². The molecule has 0 unspecified atom stereocenters. The van der Waals surface area contributed by atoms with Gasteiger partial charge in [-0.25, -0.2) is 4.98 Å². The molecule has 0 fully saturated rings. The van der Waals surface area contributed by atoms with Crippen LogP contribution in [0.2, 0.25) is 5.02 Å². The van der Waals surface area contributed by atoms with Gasteiger partial charge in [0.1, 0.15) is 5.75 Å². The molecule has 0 bridgehead atoms. The van der Waals surface area contributed by atoms with E-state index in [0.717, 1.165) is 24.0 Å². The minimum absolute atomic E-state index is 0.0338. The summed E-state index contributed by atoms with van der Waals surface area (Å²) in [5.74, 6) is 1.05. The molecule has 0 aliphatic rings. The highest BCUT2D eigenvalue weighted by Crippen LogP contribution is 2.32. The minimum atomic E-state index is -0.0544. The number of ether oxygens (including phenoxy) is 1. The Bertz CT molecular complexity index is 742. The van der Waals surface area contributed by atoms with Crippen molar-refractivity contribution in [2.75, 3.05) is 0 Å². The van der Waals surface area contributed by atoms with Crippen molar-refractivity contribution in [3.63, 3.8) is 0 Å². The van der Waals surface area contributed by atoms with Gasteiger partial charge in [0.15, 0.2) is 0 Å². The van der Waals surface area contributed by atoms with E-state index in [1.165, 1.54) is 6.92 Å². The molecule has 25 heavy (non-hydrogen) atoms. The van der Waals surface area contributed by atoms with Crippen LogP contribution in [0.4, 0.5) is 0 Å². The lowest BCUT2D eigenvalue weighted by molar-refractivity contribution is -0.119. The van der Waals surface area contributed by atoms with E-state index in [2.05, 4.69) is 17.2 Å². The van der Waals surface area contributed by atoms with Crippen LogP contribution < -0.4 is 10.1 Å². The molecule has 132 valence electrons. The highest BCUT2D eigenvalue weighted by atomic mass is 35.5. The van der Waals surface area contributed by atoms with Crippen LogP contribution in [0.5, 0.6) is 11.6 Å². The van der Waals surface area contributed by atoms with E-state index in [0.29, 0.717) is 16.7 Å². The third kappa shape index (κ3) is 5.91. The number of hydrogen-bond donors (Lipinski definition) is 1. The summed E-state index contributed by atoms with van der Waals surface area (Å²) in [6.45, 7) is 5.53. The molecule has 2 rings (SSSR count). The van der Waals surface area contributed by atoms with Crippen molar-refractivity contribution < 1.29 is 9.53 Å². The van der Waals surface area contributed by atoms with Crippen LogP contribution in [0, 0.1) is 0 Å². The fourth-order valence-electron chi connectivity index (χ4n) is 2.39. The zero-order valence-electron chi connectivity index (χ0n) is 14.8. The van der Waals surface area contributed by atoms with Crippen molar-refractivity contribution >= 4 is 23.6 Å². The number of pyridine rings is 1. The molecule has 0 saturated heterocycles. The molecule has 5 heteroatoms. The Hall–Kier alpha value is -2.33. The zero-order chi connectivity index (χ0) is 18.2. The number of benzene rings is 1. The summed E-state index contributed by atoms with van der Waals surface area (Å²) in [5, 5.41) is 3.43. The maximum absolute atomic E-state index is 11.0. The molecule has 0 saturated carbocycles. The lowest BCUT2D eigenvalue weighted by atomic mass is 10.1. The van der Waals surface area contributed by atoms with Gasteiger partial charge in [-0.15, -0.1) is 0 Å². The number of amides is 1. The third-order valence-corrected chi connectivity index (χ3v) is 3.97. The average Bonchev–Trinajstić information content (AvgIpc) is 2.57. The molecule has 1 aromatic heterocycles. The molecule has 0 aliphatic carbocycles. The van der Waals surface area contributed by atoms with E-state index in [1.54, 1.807) is 12.3 Å². The van der Waals surface area contributed by atoms with Crippen LogP contribution in [0.15, 0.2) is 42.6 Å². The van der Waals surface area contributed by atoms with Gasteiger partial charge in [0.25, 0.3) is 0 Å². The Morgan fingerprint density at radius 2 is 2.16 bits per heavy atom. The fourth-order valence-corrected chi connectivity index (χ4v) is 2.64. The van der Waals surface area contributed by atoms with Gasteiger partial charge in [-0.1, -0.05) is 49.2 Å². The van der Waals surface area contributed by atoms with Crippen LogP contribution in [-0.4, -0.2) is 16.9 Å². The first-order valence-corrected chi connectivity index (χ1v) is 8.74. The largest absolute Gasteiger partial charge is 0.437 e. The van der Waals surface area contributed by atoms with E-state index in [9.17, 15) is 4.79 Å². The summed E-state index contributed by atoms with van der Waals surface area (Å²) in [7, 11) is 0. The molecular formula is C20H23ClN2O2. The number of nitrogens with one attached hydrogen (secondary N) is 1. The van der Waals surface area contributed by atoms with Gasteiger partial charge in [-0.2, -0.15) is 0 Å². The van der Waals surface area contributed by atoms with E-state index in [4.69, 9.17) is 16.3 Å². The second kappa shape index (κ2) is 9.23. The standard InChI is InChI=1S/C20H23ClN2O2/c1-4-6-17-7-5-8-18(20(17)21)25-19-12-11-16(13-22-19)10-9-14(2)23-15(3)24/h5,7-14H,4,6H2,1-3H3,(H,23,24)/b10-9+/t14-/m0/s1. The van der Waals surface area contributed by atoms with Crippen molar-refractivity contribution in [1.82, 2.24) is 10.3 Å². The Labute approximate surface area is 153 Å². The summed E-state index contributed by atoms with van der Waals surface area (Å²) in [4.78, 5) is 15.3. The van der Waals surface area contributed by atoms with Crippen molar-refractivity contribution in [1.29, 1.82) is 0 Å². The maximum atomic E-state index is 11.0. The Kier molecular flexibility index (Phi) is 7.02. The maximum Gasteiger partial charge on any atom is 0.219 e. The van der Waals surface area contributed by atoms with Crippen molar-refractivity contribution in [2.45, 2.75) is 39.7 Å². The number of aryl methyl sites for hydroxylation is 1. The monoisotopic (exact) mass is 358 g/mol. The van der Waals surface area contributed by atoms with E-state index >= 15 is 0 Å². The van der Waals surface area contributed by atoms with E-state index < -0.39 is 0 Å². The molecule has 2 aromatic rings. The second-order valence-electron chi connectivity index (χ2n) is 5.86. The normalized spacial score (nSPS) is 12.2. The van der Waals surface area contributed by atoms with Crippen LogP contribution in [0.3, 0.4) is 0 Å².